The zero-order valence-electron chi connectivity index (χ0n) is 40.5. The van der Waals surface area contributed by atoms with Gasteiger partial charge in [-0.3, -0.25) is 14.4 Å². The molecular weight excluding hydrogens is 963 g/mol. The number of carbonyl (C=O) groups is 4. The van der Waals surface area contributed by atoms with Gasteiger partial charge in [-0.05, 0) is 189 Å². The summed E-state index contributed by atoms with van der Waals surface area (Å²) in [5.41, 5.74) is -0.0681. The first-order valence-corrected chi connectivity index (χ1v) is 28.0. The third-order valence-corrected chi connectivity index (χ3v) is 17.4. The highest BCUT2D eigenvalue weighted by molar-refractivity contribution is 8.14. The van der Waals surface area contributed by atoms with Gasteiger partial charge in [-0.15, -0.1) is 25.3 Å². The summed E-state index contributed by atoms with van der Waals surface area (Å²) in [6, 6.07) is 32.4. The average Bonchev–Trinajstić information content (AvgIpc) is 3.25. The molecule has 0 heterocycles. The molecule has 0 radical (unpaired) electrons. The number of unbranched alkanes of at least 4 members (excludes halogenated alkanes) is 1. The molecule has 4 atom stereocenters. The van der Waals surface area contributed by atoms with E-state index < -0.39 is 6.09 Å². The first-order valence-electron chi connectivity index (χ1n) is 23.8. The van der Waals surface area contributed by atoms with E-state index in [-0.39, 0.29) is 63.0 Å². The number of thiol groups is 2. The van der Waals surface area contributed by atoms with Crippen molar-refractivity contribution < 1.29 is 28.7 Å². The highest BCUT2D eigenvalue weighted by Crippen LogP contribution is 2.52. The minimum absolute atomic E-state index is 0.00470. The molecule has 2 fully saturated rings. The number of amides is 1. The van der Waals surface area contributed by atoms with Crippen LogP contribution in [0.2, 0.25) is 0 Å². The standard InChI is InChI=1S/C55H69NO6S6/c1-52(2)32-38(33-54(5,36-52)27-25-49(58)67-46-21-17-44(18-22-46)65-42-13-9-40(63)10-14-42)31-48(57)61-29-7-8-30-62-51(60)56-39-34-53(3,4)37-55(6,35-39)28-26-50(59)68-47-23-19-45(20-24-47)66-43-15-11-41(64)12-16-43/h9-24,38-39,63-64H,7-8,25-37H2,1-6H3,(H,56,60). The summed E-state index contributed by atoms with van der Waals surface area (Å²) in [4.78, 5) is 60.6. The number of esters is 1. The Morgan fingerprint density at radius 2 is 0.941 bits per heavy atom. The van der Waals surface area contributed by atoms with E-state index >= 15 is 0 Å². The SMILES string of the molecule is CC1(C)CC(CC(=O)OCCCCOC(=O)NC2CC(C)(C)CC(C)(CCC(=O)Sc3ccc(Sc4ccc(S)cc4)cc3)C2)CC(C)(CCC(=O)Sc2ccc(Sc3ccc(S)cc3)cc2)C1. The second kappa shape index (κ2) is 24.9. The fraction of sp³-hybridized carbons (Fsp3) is 0.491. The van der Waals surface area contributed by atoms with Gasteiger partial charge in [0.15, 0.2) is 10.2 Å². The molecule has 6 rings (SSSR count). The van der Waals surface area contributed by atoms with Crippen LogP contribution in [0.5, 0.6) is 0 Å². The average molecular weight is 1030 g/mol. The number of benzene rings is 4. The van der Waals surface area contributed by atoms with Crippen LogP contribution >= 0.6 is 72.3 Å². The van der Waals surface area contributed by atoms with Gasteiger partial charge in [0.05, 0.1) is 13.2 Å². The lowest BCUT2D eigenvalue weighted by Gasteiger charge is -2.47. The van der Waals surface area contributed by atoms with Crippen molar-refractivity contribution >= 4 is 94.6 Å². The molecule has 4 aromatic rings. The maximum absolute atomic E-state index is 13.2. The number of rotatable bonds is 20. The lowest BCUT2D eigenvalue weighted by Crippen LogP contribution is -2.47. The summed E-state index contributed by atoms with van der Waals surface area (Å²) < 4.78 is 11.3. The predicted molar refractivity (Wildman–Crippen MR) is 287 cm³/mol. The summed E-state index contributed by atoms with van der Waals surface area (Å²) in [5, 5.41) is 3.44. The van der Waals surface area contributed by atoms with E-state index in [4.69, 9.17) is 9.47 Å². The predicted octanol–water partition coefficient (Wildman–Crippen LogP) is 15.9. The Hall–Kier alpha value is -2.94. The van der Waals surface area contributed by atoms with E-state index in [0.717, 1.165) is 90.5 Å². The molecule has 0 aliphatic heterocycles. The molecule has 4 unspecified atom stereocenters. The van der Waals surface area contributed by atoms with E-state index in [1.54, 1.807) is 23.5 Å². The number of nitrogens with one attached hydrogen (secondary N) is 1. The van der Waals surface area contributed by atoms with Crippen LogP contribution in [0.25, 0.3) is 0 Å². The number of thioether (sulfide) groups is 2. The summed E-state index contributed by atoms with van der Waals surface area (Å²) in [6.07, 6.45) is 9.11. The Morgan fingerprint density at radius 1 is 0.544 bits per heavy atom. The van der Waals surface area contributed by atoms with Gasteiger partial charge in [-0.25, -0.2) is 4.79 Å². The van der Waals surface area contributed by atoms with Gasteiger partial charge < -0.3 is 14.8 Å². The van der Waals surface area contributed by atoms with Gasteiger partial charge in [0.25, 0.3) is 0 Å². The zero-order valence-corrected chi connectivity index (χ0v) is 45.5. The molecule has 1 amide bonds. The first-order chi connectivity index (χ1) is 32.2. The molecule has 4 aromatic carbocycles. The molecule has 13 heteroatoms. The van der Waals surface area contributed by atoms with Gasteiger partial charge in [0, 0.05) is 64.5 Å². The molecule has 2 aliphatic rings. The van der Waals surface area contributed by atoms with E-state index in [1.165, 1.54) is 23.5 Å². The van der Waals surface area contributed by atoms with Crippen LogP contribution in [0.3, 0.4) is 0 Å². The van der Waals surface area contributed by atoms with E-state index in [1.807, 2.05) is 48.5 Å². The third-order valence-electron chi connectivity index (χ3n) is 12.9. The molecule has 0 aromatic heterocycles. The van der Waals surface area contributed by atoms with Gasteiger partial charge in [-0.1, -0.05) is 88.6 Å². The topological polar surface area (TPSA) is 98.8 Å². The molecule has 0 spiro atoms. The van der Waals surface area contributed by atoms with Crippen LogP contribution < -0.4 is 5.32 Å². The van der Waals surface area contributed by atoms with Gasteiger partial charge >= 0.3 is 12.1 Å². The molecule has 2 aliphatic carbocycles. The molecule has 0 saturated heterocycles. The van der Waals surface area contributed by atoms with Crippen molar-refractivity contribution in [2.24, 2.45) is 27.6 Å². The maximum Gasteiger partial charge on any atom is 0.407 e. The Balaban J connectivity index is 0.844. The highest BCUT2D eigenvalue weighted by atomic mass is 32.2. The fourth-order valence-corrected chi connectivity index (χ4v) is 14.2. The monoisotopic (exact) mass is 1030 g/mol. The van der Waals surface area contributed by atoms with Crippen molar-refractivity contribution in [3.05, 3.63) is 97.1 Å². The van der Waals surface area contributed by atoms with Crippen LogP contribution in [0.15, 0.2) is 136 Å². The lowest BCUT2D eigenvalue weighted by molar-refractivity contribution is -0.146. The molecule has 366 valence electrons. The Labute approximate surface area is 433 Å². The number of carbonyl (C=O) groups excluding carboxylic acids is 4. The molecule has 0 bridgehead atoms. The van der Waals surface area contributed by atoms with Crippen molar-refractivity contribution in [3.63, 3.8) is 0 Å². The van der Waals surface area contributed by atoms with Crippen molar-refractivity contribution in [1.82, 2.24) is 5.32 Å². The number of hydrogen-bond acceptors (Lipinski definition) is 12. The third kappa shape index (κ3) is 18.7. The summed E-state index contributed by atoms with van der Waals surface area (Å²) in [5.74, 6) is 0.00582. The zero-order chi connectivity index (χ0) is 49.0. The van der Waals surface area contributed by atoms with Gasteiger partial charge in [0.2, 0.25) is 0 Å². The van der Waals surface area contributed by atoms with Crippen molar-refractivity contribution in [2.45, 2.75) is 170 Å². The Morgan fingerprint density at radius 3 is 1.41 bits per heavy atom. The second-order valence-corrected chi connectivity index (χ2v) is 26.8. The lowest BCUT2D eigenvalue weighted by atomic mass is 9.59. The van der Waals surface area contributed by atoms with Gasteiger partial charge in [-0.2, -0.15) is 0 Å². The van der Waals surface area contributed by atoms with E-state index in [0.29, 0.717) is 32.1 Å². The van der Waals surface area contributed by atoms with Crippen molar-refractivity contribution in [1.29, 1.82) is 0 Å². The first kappa shape index (κ1) is 54.4. The number of alkyl carbamates (subject to hydrolysis) is 1. The normalized spacial score (nSPS) is 21.9. The van der Waals surface area contributed by atoms with Crippen LogP contribution in [0.4, 0.5) is 4.79 Å². The smallest absolute Gasteiger partial charge is 0.407 e. The van der Waals surface area contributed by atoms with Gasteiger partial charge in [0.1, 0.15) is 0 Å². The van der Waals surface area contributed by atoms with Crippen LogP contribution in [0.1, 0.15) is 125 Å². The van der Waals surface area contributed by atoms with E-state index in [2.05, 4.69) is 121 Å². The molecule has 1 N–H and O–H groups in total. The number of hydrogen-bond donors (Lipinski definition) is 3. The van der Waals surface area contributed by atoms with Crippen molar-refractivity contribution in [3.8, 4) is 0 Å². The molecule has 7 nitrogen and oxygen atoms in total. The Bertz CT molecular complexity index is 2140. The van der Waals surface area contributed by atoms with E-state index in [9.17, 15) is 19.2 Å². The summed E-state index contributed by atoms with van der Waals surface area (Å²) >= 11 is 14.7. The molecular formula is C55H69NO6S6. The molecule has 68 heavy (non-hydrogen) atoms. The Kier molecular flexibility index (Phi) is 20.0. The summed E-state index contributed by atoms with van der Waals surface area (Å²) in [7, 11) is 0. The largest absolute Gasteiger partial charge is 0.466 e. The van der Waals surface area contributed by atoms with Crippen LogP contribution in [-0.4, -0.2) is 41.5 Å². The minimum Gasteiger partial charge on any atom is -0.466 e. The quantitative estimate of drug-likeness (QED) is 0.0344. The fourth-order valence-electron chi connectivity index (χ4n) is 10.8. The molecule has 2 saturated carbocycles. The highest BCUT2D eigenvalue weighted by Gasteiger charge is 2.43. The van der Waals surface area contributed by atoms with Crippen LogP contribution in [-0.2, 0) is 23.9 Å². The summed E-state index contributed by atoms with van der Waals surface area (Å²) in [6.45, 7) is 14.1. The van der Waals surface area contributed by atoms with Crippen molar-refractivity contribution in [2.75, 3.05) is 13.2 Å². The minimum atomic E-state index is -0.428. The number of ether oxygens (including phenoxy) is 2. The maximum atomic E-state index is 13.2. The van der Waals surface area contributed by atoms with Crippen LogP contribution in [0, 0.1) is 27.6 Å². The second-order valence-electron chi connectivity index (χ2n) is 21.2.